The van der Waals surface area contributed by atoms with Gasteiger partial charge < -0.3 is 14.2 Å². The first-order chi connectivity index (χ1) is 7.79. The van der Waals surface area contributed by atoms with Gasteiger partial charge in [-0.2, -0.15) is 0 Å². The van der Waals surface area contributed by atoms with Crippen LogP contribution in [0.3, 0.4) is 0 Å². The van der Waals surface area contributed by atoms with Gasteiger partial charge >= 0.3 is 5.97 Å². The fraction of sp³-hybridized carbons (Fsp3) is 0.583. The summed E-state index contributed by atoms with van der Waals surface area (Å²) in [7, 11) is 1.64. The van der Waals surface area contributed by atoms with Gasteiger partial charge in [-0.25, -0.2) is 4.79 Å². The van der Waals surface area contributed by atoms with E-state index in [0.29, 0.717) is 5.92 Å². The van der Waals surface area contributed by atoms with Gasteiger partial charge in [-0.15, -0.1) is 0 Å². The van der Waals surface area contributed by atoms with Gasteiger partial charge in [0.25, 0.3) is 0 Å². The normalized spacial score (nSPS) is 44.6. The maximum atomic E-state index is 11.3. The molecule has 2 aliphatic heterocycles. The lowest BCUT2D eigenvalue weighted by Gasteiger charge is -2.42. The SMILES string of the molecule is COC1C2OC=CC2CC2C=CC(=O)OC21. The predicted molar refractivity (Wildman–Crippen MR) is 55.4 cm³/mol. The van der Waals surface area contributed by atoms with Crippen molar-refractivity contribution in [2.75, 3.05) is 7.11 Å². The number of rotatable bonds is 1. The van der Waals surface area contributed by atoms with Gasteiger partial charge in [-0.1, -0.05) is 6.08 Å². The molecule has 86 valence electrons. The van der Waals surface area contributed by atoms with Crippen LogP contribution in [0.2, 0.25) is 0 Å². The maximum absolute atomic E-state index is 11.3. The highest BCUT2D eigenvalue weighted by molar-refractivity contribution is 5.83. The highest BCUT2D eigenvalue weighted by Gasteiger charge is 2.49. The third-order valence-electron chi connectivity index (χ3n) is 3.60. The van der Waals surface area contributed by atoms with Crippen molar-refractivity contribution in [3.05, 3.63) is 24.5 Å². The molecule has 16 heavy (non-hydrogen) atoms. The Labute approximate surface area is 93.9 Å². The van der Waals surface area contributed by atoms with Gasteiger partial charge in [0.2, 0.25) is 0 Å². The first-order valence-corrected chi connectivity index (χ1v) is 5.53. The summed E-state index contributed by atoms with van der Waals surface area (Å²) in [6.07, 6.45) is 7.80. The Morgan fingerprint density at radius 3 is 2.94 bits per heavy atom. The van der Waals surface area contributed by atoms with Crippen molar-refractivity contribution in [3.63, 3.8) is 0 Å². The van der Waals surface area contributed by atoms with Crippen LogP contribution in [0, 0.1) is 11.8 Å². The van der Waals surface area contributed by atoms with Crippen molar-refractivity contribution < 1.29 is 19.0 Å². The number of carbonyl (C=O) groups is 1. The second-order valence-corrected chi connectivity index (χ2v) is 4.45. The van der Waals surface area contributed by atoms with E-state index in [1.54, 1.807) is 13.4 Å². The molecule has 0 aromatic rings. The molecule has 2 heterocycles. The van der Waals surface area contributed by atoms with Gasteiger partial charge in [-0.05, 0) is 12.5 Å². The Morgan fingerprint density at radius 1 is 1.31 bits per heavy atom. The summed E-state index contributed by atoms with van der Waals surface area (Å²) in [5.41, 5.74) is 0. The van der Waals surface area contributed by atoms with Crippen LogP contribution in [0.1, 0.15) is 6.42 Å². The summed E-state index contributed by atoms with van der Waals surface area (Å²) in [5, 5.41) is 0. The lowest BCUT2D eigenvalue weighted by Crippen LogP contribution is -2.53. The number of hydrogen-bond donors (Lipinski definition) is 0. The molecule has 5 atom stereocenters. The van der Waals surface area contributed by atoms with E-state index in [9.17, 15) is 4.79 Å². The molecule has 0 saturated heterocycles. The van der Waals surface area contributed by atoms with Crippen LogP contribution in [0.15, 0.2) is 24.5 Å². The van der Waals surface area contributed by atoms with Crippen molar-refractivity contribution in [1.29, 1.82) is 0 Å². The molecule has 3 rings (SSSR count). The highest BCUT2D eigenvalue weighted by atomic mass is 16.6. The Morgan fingerprint density at radius 2 is 2.12 bits per heavy atom. The number of carbonyl (C=O) groups excluding carboxylic acids is 1. The summed E-state index contributed by atoms with van der Waals surface area (Å²) in [6.45, 7) is 0. The predicted octanol–water partition coefficient (Wildman–Crippen LogP) is 1.03. The molecular formula is C12H14O4. The van der Waals surface area contributed by atoms with Crippen LogP contribution in [-0.2, 0) is 19.0 Å². The van der Waals surface area contributed by atoms with E-state index in [0.717, 1.165) is 6.42 Å². The Bertz CT molecular complexity index is 360. The molecule has 4 nitrogen and oxygen atoms in total. The first kappa shape index (κ1) is 9.90. The number of esters is 1. The van der Waals surface area contributed by atoms with E-state index in [1.807, 2.05) is 6.08 Å². The Balaban J connectivity index is 1.89. The van der Waals surface area contributed by atoms with Crippen molar-refractivity contribution in [1.82, 2.24) is 0 Å². The van der Waals surface area contributed by atoms with Crippen LogP contribution in [0.4, 0.5) is 0 Å². The zero-order valence-corrected chi connectivity index (χ0v) is 9.04. The molecule has 1 fully saturated rings. The van der Waals surface area contributed by atoms with Crippen LogP contribution >= 0.6 is 0 Å². The summed E-state index contributed by atoms with van der Waals surface area (Å²) in [6, 6.07) is 0. The molecule has 4 heteroatoms. The lowest BCUT2D eigenvalue weighted by molar-refractivity contribution is -0.174. The summed E-state index contributed by atoms with van der Waals surface area (Å²) >= 11 is 0. The van der Waals surface area contributed by atoms with E-state index >= 15 is 0 Å². The second-order valence-electron chi connectivity index (χ2n) is 4.45. The zero-order valence-electron chi connectivity index (χ0n) is 9.04. The summed E-state index contributed by atoms with van der Waals surface area (Å²) < 4.78 is 16.3. The third-order valence-corrected chi connectivity index (χ3v) is 3.60. The average molecular weight is 222 g/mol. The lowest BCUT2D eigenvalue weighted by atomic mass is 9.75. The van der Waals surface area contributed by atoms with Crippen molar-refractivity contribution in [3.8, 4) is 0 Å². The fourth-order valence-corrected chi connectivity index (χ4v) is 2.85. The molecule has 1 aliphatic carbocycles. The van der Waals surface area contributed by atoms with Gasteiger partial charge in [0.1, 0.15) is 18.3 Å². The van der Waals surface area contributed by atoms with Gasteiger partial charge in [0, 0.05) is 25.0 Å². The monoisotopic (exact) mass is 222 g/mol. The number of ether oxygens (including phenoxy) is 3. The van der Waals surface area contributed by atoms with E-state index in [-0.39, 0.29) is 30.2 Å². The standard InChI is InChI=1S/C12H14O4/c1-14-12-10-8(4-5-15-10)6-7-2-3-9(13)16-11(7)12/h2-5,7-8,10-12H,6H2,1H3. The molecule has 0 spiro atoms. The van der Waals surface area contributed by atoms with E-state index in [2.05, 4.69) is 6.08 Å². The molecule has 1 saturated carbocycles. The van der Waals surface area contributed by atoms with Gasteiger partial charge in [-0.3, -0.25) is 0 Å². The van der Waals surface area contributed by atoms with Gasteiger partial charge in [0.15, 0.2) is 0 Å². The van der Waals surface area contributed by atoms with Crippen molar-refractivity contribution >= 4 is 5.97 Å². The molecular weight excluding hydrogens is 208 g/mol. The molecule has 0 amide bonds. The summed E-state index contributed by atoms with van der Waals surface area (Å²) in [4.78, 5) is 11.3. The minimum Gasteiger partial charge on any atom is -0.495 e. The zero-order chi connectivity index (χ0) is 11.1. The largest absolute Gasteiger partial charge is 0.495 e. The second kappa shape index (κ2) is 3.63. The molecule has 0 bridgehead atoms. The van der Waals surface area contributed by atoms with E-state index in [4.69, 9.17) is 14.2 Å². The maximum Gasteiger partial charge on any atom is 0.330 e. The van der Waals surface area contributed by atoms with Crippen molar-refractivity contribution in [2.45, 2.75) is 24.7 Å². The minimum absolute atomic E-state index is 0.00875. The number of methoxy groups -OCH3 is 1. The van der Waals surface area contributed by atoms with Gasteiger partial charge in [0.05, 0.1) is 6.26 Å². The van der Waals surface area contributed by atoms with Crippen LogP contribution in [-0.4, -0.2) is 31.4 Å². The molecule has 0 radical (unpaired) electrons. The molecule has 0 aromatic heterocycles. The molecule has 0 aromatic carbocycles. The summed E-state index contributed by atoms with van der Waals surface area (Å²) in [5.74, 6) is 0.329. The number of fused-ring (bicyclic) bond motifs is 2. The third kappa shape index (κ3) is 1.37. The van der Waals surface area contributed by atoms with E-state index in [1.165, 1.54) is 6.08 Å². The molecule has 3 aliphatic rings. The minimum atomic E-state index is -0.285. The topological polar surface area (TPSA) is 44.8 Å². The Kier molecular flexibility index (Phi) is 2.24. The quantitative estimate of drug-likeness (QED) is 0.622. The van der Waals surface area contributed by atoms with E-state index < -0.39 is 0 Å². The molecule has 5 unspecified atom stereocenters. The highest BCUT2D eigenvalue weighted by Crippen LogP contribution is 2.40. The van der Waals surface area contributed by atoms with Crippen LogP contribution in [0.5, 0.6) is 0 Å². The van der Waals surface area contributed by atoms with Crippen LogP contribution in [0.25, 0.3) is 0 Å². The Hall–Kier alpha value is -1.29. The average Bonchev–Trinajstić information content (AvgIpc) is 2.73. The van der Waals surface area contributed by atoms with Crippen LogP contribution < -0.4 is 0 Å². The smallest absolute Gasteiger partial charge is 0.330 e. The first-order valence-electron chi connectivity index (χ1n) is 5.53. The number of hydrogen-bond acceptors (Lipinski definition) is 4. The molecule has 0 N–H and O–H groups in total. The van der Waals surface area contributed by atoms with Crippen molar-refractivity contribution in [2.24, 2.45) is 11.8 Å². The fourth-order valence-electron chi connectivity index (χ4n) is 2.85.